The molecule has 1 rings (SSSR count). The van der Waals surface area contributed by atoms with E-state index in [0.717, 1.165) is 18.7 Å². The van der Waals surface area contributed by atoms with E-state index in [1.165, 1.54) is 5.69 Å². The molecule has 0 amide bonds. The molecule has 0 spiro atoms. The van der Waals surface area contributed by atoms with Crippen molar-refractivity contribution in [3.8, 4) is 0 Å². The van der Waals surface area contributed by atoms with Crippen molar-refractivity contribution in [3.05, 3.63) is 17.5 Å². The second-order valence-electron chi connectivity index (χ2n) is 4.71. The molecule has 2 N–H and O–H groups in total. The van der Waals surface area contributed by atoms with E-state index in [2.05, 4.69) is 18.1 Å². The molecule has 4 nitrogen and oxygen atoms in total. The SMILES string of the molecule is CCn1nc(C)cc1CC(N)C(C)(C)OC. The zero-order chi connectivity index (χ0) is 12.3. The van der Waals surface area contributed by atoms with Gasteiger partial charge in [-0.05, 0) is 33.8 Å². The summed E-state index contributed by atoms with van der Waals surface area (Å²) < 4.78 is 7.40. The van der Waals surface area contributed by atoms with Crippen molar-refractivity contribution in [2.24, 2.45) is 5.73 Å². The van der Waals surface area contributed by atoms with Crippen molar-refractivity contribution in [3.63, 3.8) is 0 Å². The van der Waals surface area contributed by atoms with Crippen LogP contribution < -0.4 is 5.73 Å². The lowest BCUT2D eigenvalue weighted by Crippen LogP contribution is -2.46. The monoisotopic (exact) mass is 225 g/mol. The molecule has 0 aliphatic carbocycles. The molecule has 1 aromatic heterocycles. The van der Waals surface area contributed by atoms with Gasteiger partial charge < -0.3 is 10.5 Å². The predicted octanol–water partition coefficient (Wildman–Crippen LogP) is 1.51. The van der Waals surface area contributed by atoms with Crippen molar-refractivity contribution in [2.45, 2.75) is 52.3 Å². The summed E-state index contributed by atoms with van der Waals surface area (Å²) >= 11 is 0. The number of ether oxygens (including phenoxy) is 1. The lowest BCUT2D eigenvalue weighted by atomic mass is 9.95. The molecule has 0 saturated heterocycles. The highest BCUT2D eigenvalue weighted by Gasteiger charge is 2.27. The molecule has 4 heteroatoms. The van der Waals surface area contributed by atoms with Crippen LogP contribution in [0.4, 0.5) is 0 Å². The third-order valence-electron chi connectivity index (χ3n) is 3.13. The summed E-state index contributed by atoms with van der Waals surface area (Å²) in [6, 6.07) is 2.06. The minimum absolute atomic E-state index is 0.0288. The molecule has 1 heterocycles. The van der Waals surface area contributed by atoms with Crippen LogP contribution in [0.1, 0.15) is 32.2 Å². The van der Waals surface area contributed by atoms with E-state index in [0.29, 0.717) is 0 Å². The Morgan fingerprint density at radius 1 is 1.56 bits per heavy atom. The number of aromatic nitrogens is 2. The number of aryl methyl sites for hydroxylation is 2. The molecule has 92 valence electrons. The molecule has 0 saturated carbocycles. The van der Waals surface area contributed by atoms with Crippen LogP contribution in [0.3, 0.4) is 0 Å². The van der Waals surface area contributed by atoms with Crippen LogP contribution in [0.25, 0.3) is 0 Å². The Morgan fingerprint density at radius 3 is 2.69 bits per heavy atom. The number of nitrogens with two attached hydrogens (primary N) is 1. The highest BCUT2D eigenvalue weighted by atomic mass is 16.5. The van der Waals surface area contributed by atoms with Gasteiger partial charge in [0.15, 0.2) is 0 Å². The summed E-state index contributed by atoms with van der Waals surface area (Å²) in [7, 11) is 1.70. The summed E-state index contributed by atoms with van der Waals surface area (Å²) in [6.07, 6.45) is 0.787. The van der Waals surface area contributed by atoms with Crippen LogP contribution in [0.5, 0.6) is 0 Å². The van der Waals surface area contributed by atoms with Gasteiger partial charge in [0.1, 0.15) is 0 Å². The molecule has 0 bridgehead atoms. The fourth-order valence-corrected chi connectivity index (χ4v) is 1.66. The van der Waals surface area contributed by atoms with Gasteiger partial charge in [-0.15, -0.1) is 0 Å². The fourth-order valence-electron chi connectivity index (χ4n) is 1.66. The Bertz CT molecular complexity index is 344. The van der Waals surface area contributed by atoms with Crippen LogP contribution in [-0.2, 0) is 17.7 Å². The van der Waals surface area contributed by atoms with Crippen molar-refractivity contribution in [1.29, 1.82) is 0 Å². The largest absolute Gasteiger partial charge is 0.377 e. The number of rotatable bonds is 5. The van der Waals surface area contributed by atoms with Crippen LogP contribution in [-0.4, -0.2) is 28.5 Å². The molecule has 0 aromatic carbocycles. The summed E-state index contributed by atoms with van der Waals surface area (Å²) in [6.45, 7) is 8.99. The highest BCUT2D eigenvalue weighted by Crippen LogP contribution is 2.16. The van der Waals surface area contributed by atoms with E-state index in [-0.39, 0.29) is 11.6 Å². The second-order valence-corrected chi connectivity index (χ2v) is 4.71. The fraction of sp³-hybridized carbons (Fsp3) is 0.750. The van der Waals surface area contributed by atoms with Crippen molar-refractivity contribution in [2.75, 3.05) is 7.11 Å². The first-order chi connectivity index (χ1) is 7.40. The topological polar surface area (TPSA) is 53.1 Å². The molecular formula is C12H23N3O. The minimum atomic E-state index is -0.309. The van der Waals surface area contributed by atoms with Gasteiger partial charge in [-0.1, -0.05) is 0 Å². The number of hydrogen-bond acceptors (Lipinski definition) is 3. The molecule has 0 fully saturated rings. The maximum Gasteiger partial charge on any atom is 0.0776 e. The molecule has 1 unspecified atom stereocenters. The van der Waals surface area contributed by atoms with E-state index in [1.807, 2.05) is 25.5 Å². The van der Waals surface area contributed by atoms with Crippen molar-refractivity contribution < 1.29 is 4.74 Å². The lowest BCUT2D eigenvalue weighted by molar-refractivity contribution is 0.000351. The molecule has 0 radical (unpaired) electrons. The average molecular weight is 225 g/mol. The maximum atomic E-state index is 6.16. The summed E-state index contributed by atoms with van der Waals surface area (Å²) in [4.78, 5) is 0. The molecule has 0 aliphatic rings. The normalized spacial score (nSPS) is 14.1. The third kappa shape index (κ3) is 2.83. The Balaban J connectivity index is 2.80. The molecular weight excluding hydrogens is 202 g/mol. The quantitative estimate of drug-likeness (QED) is 0.826. The lowest BCUT2D eigenvalue weighted by Gasteiger charge is -2.30. The molecule has 1 atom stereocenters. The van der Waals surface area contributed by atoms with E-state index >= 15 is 0 Å². The van der Waals surface area contributed by atoms with Gasteiger partial charge in [0.2, 0.25) is 0 Å². The van der Waals surface area contributed by atoms with Crippen molar-refractivity contribution >= 4 is 0 Å². The van der Waals surface area contributed by atoms with E-state index in [4.69, 9.17) is 10.5 Å². The Hall–Kier alpha value is -0.870. The summed E-state index contributed by atoms with van der Waals surface area (Å²) in [5.41, 5.74) is 8.07. The van der Waals surface area contributed by atoms with Crippen LogP contribution in [0.2, 0.25) is 0 Å². The van der Waals surface area contributed by atoms with E-state index in [1.54, 1.807) is 7.11 Å². The third-order valence-corrected chi connectivity index (χ3v) is 3.13. The number of methoxy groups -OCH3 is 1. The second kappa shape index (κ2) is 4.97. The minimum Gasteiger partial charge on any atom is -0.377 e. The van der Waals surface area contributed by atoms with Crippen LogP contribution >= 0.6 is 0 Å². The van der Waals surface area contributed by atoms with Crippen LogP contribution in [0.15, 0.2) is 6.07 Å². The van der Waals surface area contributed by atoms with E-state index in [9.17, 15) is 0 Å². The van der Waals surface area contributed by atoms with Gasteiger partial charge in [-0.25, -0.2) is 0 Å². The number of nitrogens with zero attached hydrogens (tertiary/aromatic N) is 2. The van der Waals surface area contributed by atoms with Gasteiger partial charge in [0, 0.05) is 31.8 Å². The predicted molar refractivity (Wildman–Crippen MR) is 65.4 cm³/mol. The molecule has 0 aliphatic heterocycles. The summed E-state index contributed by atoms with van der Waals surface area (Å²) in [5.74, 6) is 0. The summed E-state index contributed by atoms with van der Waals surface area (Å²) in [5, 5.41) is 4.41. The van der Waals surface area contributed by atoms with E-state index < -0.39 is 0 Å². The molecule has 16 heavy (non-hydrogen) atoms. The average Bonchev–Trinajstić information content (AvgIpc) is 2.58. The Kier molecular flexibility index (Phi) is 4.10. The highest BCUT2D eigenvalue weighted by molar-refractivity contribution is 5.11. The van der Waals surface area contributed by atoms with Gasteiger partial charge >= 0.3 is 0 Å². The zero-order valence-corrected chi connectivity index (χ0v) is 10.9. The number of hydrogen-bond donors (Lipinski definition) is 1. The van der Waals surface area contributed by atoms with Gasteiger partial charge in [0.05, 0.1) is 11.3 Å². The van der Waals surface area contributed by atoms with Crippen LogP contribution in [0, 0.1) is 6.92 Å². The maximum absolute atomic E-state index is 6.16. The van der Waals surface area contributed by atoms with Crippen molar-refractivity contribution in [1.82, 2.24) is 9.78 Å². The van der Waals surface area contributed by atoms with Gasteiger partial charge in [0.25, 0.3) is 0 Å². The van der Waals surface area contributed by atoms with Gasteiger partial charge in [-0.2, -0.15) is 5.10 Å². The first kappa shape index (κ1) is 13.2. The smallest absolute Gasteiger partial charge is 0.0776 e. The Labute approximate surface area is 97.8 Å². The first-order valence-electron chi connectivity index (χ1n) is 5.74. The molecule has 1 aromatic rings. The van der Waals surface area contributed by atoms with Gasteiger partial charge in [-0.3, -0.25) is 4.68 Å². The Morgan fingerprint density at radius 2 is 2.19 bits per heavy atom. The first-order valence-corrected chi connectivity index (χ1v) is 5.74. The zero-order valence-electron chi connectivity index (χ0n) is 10.9. The standard InChI is InChI=1S/C12H23N3O/c1-6-15-10(7-9(2)14-15)8-11(13)12(3,4)16-5/h7,11H,6,8,13H2,1-5H3.